The number of hydrogen-bond acceptors (Lipinski definition) is 4. The van der Waals surface area contributed by atoms with Crippen molar-refractivity contribution in [1.82, 2.24) is 4.90 Å². The molecule has 4 rings (SSSR count). The zero-order valence-corrected chi connectivity index (χ0v) is 17.4. The molecule has 0 radical (unpaired) electrons. The Labute approximate surface area is 175 Å². The van der Waals surface area contributed by atoms with Crippen LogP contribution in [0.25, 0.3) is 5.57 Å². The summed E-state index contributed by atoms with van der Waals surface area (Å²) >= 11 is 0. The number of benzene rings is 2. The first-order chi connectivity index (χ1) is 14.4. The molecule has 0 saturated carbocycles. The van der Waals surface area contributed by atoms with Crippen molar-refractivity contribution in [2.75, 3.05) is 25.1 Å². The molecule has 2 atom stereocenters. The molecule has 2 aromatic carbocycles. The van der Waals surface area contributed by atoms with Crippen molar-refractivity contribution in [3.05, 3.63) is 65.6 Å². The van der Waals surface area contributed by atoms with E-state index in [1.54, 1.807) is 31.4 Å². The molecular weight excluding hydrogens is 383 g/mol. The van der Waals surface area contributed by atoms with E-state index in [1.165, 1.54) is 24.3 Å². The number of rotatable bonds is 4. The number of imide groups is 1. The van der Waals surface area contributed by atoms with Gasteiger partial charge in [-0.3, -0.25) is 9.59 Å². The first kappa shape index (κ1) is 20.1. The van der Waals surface area contributed by atoms with Gasteiger partial charge in [0.1, 0.15) is 17.3 Å². The van der Waals surface area contributed by atoms with Crippen LogP contribution in [0.3, 0.4) is 0 Å². The minimum absolute atomic E-state index is 0.362. The molecule has 2 aliphatic heterocycles. The summed E-state index contributed by atoms with van der Waals surface area (Å²) in [5.41, 5.74) is 1.84. The summed E-state index contributed by atoms with van der Waals surface area (Å²) in [6.07, 6.45) is 1.09. The zero-order valence-electron chi connectivity index (χ0n) is 17.4. The fraction of sp³-hybridized carbons (Fsp3) is 0.333. The molecule has 6 heteroatoms. The standard InChI is InChI=1S/C24H25FN2O3/c1-15-12-16(2)14-26(13-15)22-21(17-4-10-20(30-3)11-5-17)23(28)27(24(22)29)19-8-6-18(25)7-9-19/h4-11,15-16H,12-14H2,1-3H3. The van der Waals surface area contributed by atoms with E-state index in [4.69, 9.17) is 4.74 Å². The van der Waals surface area contributed by atoms with Crippen LogP contribution in [0.2, 0.25) is 0 Å². The molecule has 5 nitrogen and oxygen atoms in total. The van der Waals surface area contributed by atoms with Crippen LogP contribution in [-0.4, -0.2) is 36.9 Å². The lowest BCUT2D eigenvalue weighted by Crippen LogP contribution is -2.42. The van der Waals surface area contributed by atoms with Gasteiger partial charge in [0.2, 0.25) is 0 Å². The van der Waals surface area contributed by atoms with Gasteiger partial charge in [-0.2, -0.15) is 0 Å². The Bertz CT molecular complexity index is 988. The minimum atomic E-state index is -0.417. The van der Waals surface area contributed by atoms with Crippen LogP contribution < -0.4 is 9.64 Å². The van der Waals surface area contributed by atoms with Crippen LogP contribution in [0.1, 0.15) is 25.8 Å². The van der Waals surface area contributed by atoms with Gasteiger partial charge in [0, 0.05) is 13.1 Å². The van der Waals surface area contributed by atoms with Crippen molar-refractivity contribution in [3.63, 3.8) is 0 Å². The van der Waals surface area contributed by atoms with Gasteiger partial charge in [-0.15, -0.1) is 0 Å². The molecule has 0 N–H and O–H groups in total. The van der Waals surface area contributed by atoms with Gasteiger partial charge in [-0.25, -0.2) is 9.29 Å². The predicted octanol–water partition coefficient (Wildman–Crippen LogP) is 4.10. The Morgan fingerprint density at radius 1 is 0.900 bits per heavy atom. The highest BCUT2D eigenvalue weighted by Crippen LogP contribution is 2.37. The van der Waals surface area contributed by atoms with E-state index in [0.717, 1.165) is 24.4 Å². The average molecular weight is 408 g/mol. The number of nitrogens with zero attached hydrogens (tertiary/aromatic N) is 2. The topological polar surface area (TPSA) is 49.9 Å². The first-order valence-electron chi connectivity index (χ1n) is 10.2. The fourth-order valence-corrected chi connectivity index (χ4v) is 4.50. The van der Waals surface area contributed by atoms with Gasteiger partial charge < -0.3 is 9.64 Å². The maximum atomic E-state index is 13.5. The number of methoxy groups -OCH3 is 1. The molecule has 0 bridgehead atoms. The average Bonchev–Trinajstić information content (AvgIpc) is 2.98. The number of carbonyl (C=O) groups is 2. The molecule has 2 heterocycles. The number of likely N-dealkylation sites (tertiary alicyclic amines) is 1. The van der Waals surface area contributed by atoms with Crippen molar-refractivity contribution in [3.8, 4) is 5.75 Å². The molecule has 2 aromatic rings. The predicted molar refractivity (Wildman–Crippen MR) is 113 cm³/mol. The monoisotopic (exact) mass is 408 g/mol. The van der Waals surface area contributed by atoms with Crippen molar-refractivity contribution in [2.45, 2.75) is 20.3 Å². The van der Waals surface area contributed by atoms with E-state index in [0.29, 0.717) is 40.1 Å². The number of carbonyl (C=O) groups excluding carboxylic acids is 2. The maximum Gasteiger partial charge on any atom is 0.282 e. The molecule has 1 fully saturated rings. The molecule has 1 saturated heterocycles. The smallest absolute Gasteiger partial charge is 0.282 e. The van der Waals surface area contributed by atoms with Gasteiger partial charge in [0.25, 0.3) is 11.8 Å². The third kappa shape index (κ3) is 3.58. The Morgan fingerprint density at radius 3 is 2.07 bits per heavy atom. The van der Waals surface area contributed by atoms with E-state index >= 15 is 0 Å². The van der Waals surface area contributed by atoms with Gasteiger partial charge in [-0.05, 0) is 60.2 Å². The van der Waals surface area contributed by atoms with E-state index in [-0.39, 0.29) is 5.91 Å². The fourth-order valence-electron chi connectivity index (χ4n) is 4.50. The summed E-state index contributed by atoms with van der Waals surface area (Å²) in [5, 5.41) is 0. The van der Waals surface area contributed by atoms with E-state index in [2.05, 4.69) is 13.8 Å². The first-order valence-corrected chi connectivity index (χ1v) is 10.2. The second-order valence-electron chi connectivity index (χ2n) is 8.23. The summed E-state index contributed by atoms with van der Waals surface area (Å²) in [7, 11) is 1.58. The lowest BCUT2D eigenvalue weighted by molar-refractivity contribution is -0.120. The Balaban J connectivity index is 1.81. The molecule has 0 spiro atoms. The van der Waals surface area contributed by atoms with Crippen LogP contribution in [0.5, 0.6) is 5.75 Å². The minimum Gasteiger partial charge on any atom is -0.497 e. The van der Waals surface area contributed by atoms with Crippen molar-refractivity contribution in [2.24, 2.45) is 11.8 Å². The van der Waals surface area contributed by atoms with Crippen molar-refractivity contribution in [1.29, 1.82) is 0 Å². The number of anilines is 1. The third-order valence-electron chi connectivity index (χ3n) is 5.71. The summed E-state index contributed by atoms with van der Waals surface area (Å²) in [4.78, 5) is 30.2. The summed E-state index contributed by atoms with van der Waals surface area (Å²) in [6.45, 7) is 5.76. The zero-order chi connectivity index (χ0) is 21.4. The highest BCUT2D eigenvalue weighted by atomic mass is 19.1. The SMILES string of the molecule is COc1ccc(C2=C(N3CC(C)CC(C)C3)C(=O)N(c3ccc(F)cc3)C2=O)cc1. The molecule has 30 heavy (non-hydrogen) atoms. The summed E-state index contributed by atoms with van der Waals surface area (Å²) in [5.74, 6) is 0.340. The second-order valence-corrected chi connectivity index (χ2v) is 8.23. The van der Waals surface area contributed by atoms with Gasteiger partial charge >= 0.3 is 0 Å². The van der Waals surface area contributed by atoms with Crippen LogP contribution in [0.4, 0.5) is 10.1 Å². The lowest BCUT2D eigenvalue weighted by Gasteiger charge is -2.37. The van der Waals surface area contributed by atoms with E-state index < -0.39 is 11.7 Å². The largest absolute Gasteiger partial charge is 0.497 e. The van der Waals surface area contributed by atoms with E-state index in [1.807, 2.05) is 4.90 Å². The third-order valence-corrected chi connectivity index (χ3v) is 5.71. The second kappa shape index (κ2) is 7.94. The number of amides is 2. The van der Waals surface area contributed by atoms with Crippen LogP contribution in [-0.2, 0) is 9.59 Å². The molecule has 2 unspecified atom stereocenters. The summed E-state index contributed by atoms with van der Waals surface area (Å²) in [6, 6.07) is 12.6. The summed E-state index contributed by atoms with van der Waals surface area (Å²) < 4.78 is 18.6. The molecule has 156 valence electrons. The Hall–Kier alpha value is -3.15. The Morgan fingerprint density at radius 2 is 1.50 bits per heavy atom. The quantitative estimate of drug-likeness (QED) is 0.715. The van der Waals surface area contributed by atoms with Crippen LogP contribution in [0.15, 0.2) is 54.2 Å². The van der Waals surface area contributed by atoms with Gasteiger partial charge in [0.05, 0.1) is 18.4 Å². The Kier molecular flexibility index (Phi) is 5.33. The van der Waals surface area contributed by atoms with Crippen LogP contribution in [0, 0.1) is 17.7 Å². The highest BCUT2D eigenvalue weighted by Gasteiger charge is 2.43. The lowest BCUT2D eigenvalue weighted by atomic mass is 9.91. The molecule has 0 aliphatic carbocycles. The number of ether oxygens (including phenoxy) is 1. The van der Waals surface area contributed by atoms with E-state index in [9.17, 15) is 14.0 Å². The van der Waals surface area contributed by atoms with Crippen molar-refractivity contribution >= 4 is 23.1 Å². The normalized spacial score (nSPS) is 22.1. The van der Waals surface area contributed by atoms with Crippen LogP contribution >= 0.6 is 0 Å². The number of hydrogen-bond donors (Lipinski definition) is 0. The van der Waals surface area contributed by atoms with Gasteiger partial charge in [-0.1, -0.05) is 26.0 Å². The molecular formula is C24H25FN2O3. The van der Waals surface area contributed by atoms with Crippen molar-refractivity contribution < 1.29 is 18.7 Å². The molecule has 2 aliphatic rings. The highest BCUT2D eigenvalue weighted by molar-refractivity contribution is 6.45. The number of halogens is 1. The maximum absolute atomic E-state index is 13.5. The molecule has 2 amide bonds. The van der Waals surface area contributed by atoms with Gasteiger partial charge in [0.15, 0.2) is 0 Å². The molecule has 0 aromatic heterocycles. The number of piperidine rings is 1.